The normalized spacial score (nSPS) is 18.0. The first kappa shape index (κ1) is 18.5. The van der Waals surface area contributed by atoms with Crippen LogP contribution in [0.3, 0.4) is 0 Å². The number of aryl methyl sites for hydroxylation is 2. The number of carbonyl (C=O) groups excluding carboxylic acids is 1. The number of carbonyl (C=O) groups is 1. The quantitative estimate of drug-likeness (QED) is 0.703. The Morgan fingerprint density at radius 3 is 2.68 bits per heavy atom. The maximum Gasteiger partial charge on any atom is 0.259 e. The topological polar surface area (TPSA) is 60.1 Å². The Kier molecular flexibility index (Phi) is 4.57. The molecule has 0 aliphatic carbocycles. The Labute approximate surface area is 164 Å². The predicted molar refractivity (Wildman–Crippen MR) is 109 cm³/mol. The highest BCUT2D eigenvalue weighted by Crippen LogP contribution is 2.36. The van der Waals surface area contributed by atoms with Crippen molar-refractivity contribution in [3.05, 3.63) is 63.8 Å². The van der Waals surface area contributed by atoms with Crippen molar-refractivity contribution >= 4 is 16.7 Å². The Morgan fingerprint density at radius 2 is 1.96 bits per heavy atom. The van der Waals surface area contributed by atoms with Crippen LogP contribution in [-0.4, -0.2) is 31.7 Å². The number of nitrogens with zero attached hydrogens (tertiary/aromatic N) is 4. The molecule has 3 heterocycles. The van der Waals surface area contributed by atoms with Gasteiger partial charge in [-0.2, -0.15) is 5.10 Å². The number of likely N-dealkylation sites (tertiary alicyclic amines) is 1. The SMILES string of the molecule is Cc1nn(C)c(C)c1C1CCCN1C(=O)C(C)n1ccc2ccccc2c1=O. The molecule has 1 aliphatic heterocycles. The Balaban J connectivity index is 1.69. The number of amides is 1. The molecule has 6 heteroatoms. The van der Waals surface area contributed by atoms with Gasteiger partial charge in [0.2, 0.25) is 5.91 Å². The summed E-state index contributed by atoms with van der Waals surface area (Å²) in [5, 5.41) is 6.06. The van der Waals surface area contributed by atoms with Gasteiger partial charge in [0.15, 0.2) is 0 Å². The molecule has 1 amide bonds. The molecule has 0 N–H and O–H groups in total. The van der Waals surface area contributed by atoms with Gasteiger partial charge in [-0.05, 0) is 51.1 Å². The lowest BCUT2D eigenvalue weighted by Gasteiger charge is -2.29. The summed E-state index contributed by atoms with van der Waals surface area (Å²) < 4.78 is 3.44. The van der Waals surface area contributed by atoms with Crippen molar-refractivity contribution < 1.29 is 4.79 Å². The van der Waals surface area contributed by atoms with Crippen molar-refractivity contribution in [3.63, 3.8) is 0 Å². The fraction of sp³-hybridized carbons (Fsp3) is 0.409. The van der Waals surface area contributed by atoms with Gasteiger partial charge in [-0.25, -0.2) is 0 Å². The average molecular weight is 378 g/mol. The van der Waals surface area contributed by atoms with E-state index >= 15 is 0 Å². The Hall–Kier alpha value is -2.89. The number of hydrogen-bond donors (Lipinski definition) is 0. The molecule has 28 heavy (non-hydrogen) atoms. The molecule has 0 saturated carbocycles. The van der Waals surface area contributed by atoms with Crippen molar-refractivity contribution in [2.24, 2.45) is 7.05 Å². The third kappa shape index (κ3) is 2.84. The molecule has 146 valence electrons. The van der Waals surface area contributed by atoms with Gasteiger partial charge in [0.1, 0.15) is 6.04 Å². The lowest BCUT2D eigenvalue weighted by atomic mass is 10.0. The van der Waals surface area contributed by atoms with E-state index in [1.54, 1.807) is 10.8 Å². The van der Waals surface area contributed by atoms with E-state index in [0.29, 0.717) is 11.9 Å². The number of fused-ring (bicyclic) bond motifs is 1. The van der Waals surface area contributed by atoms with Crippen LogP contribution in [0.25, 0.3) is 10.8 Å². The molecule has 2 unspecified atom stereocenters. The van der Waals surface area contributed by atoms with Crippen LogP contribution >= 0.6 is 0 Å². The highest BCUT2D eigenvalue weighted by Gasteiger charge is 2.36. The van der Waals surface area contributed by atoms with Crippen molar-refractivity contribution in [1.82, 2.24) is 19.2 Å². The predicted octanol–water partition coefficient (Wildman–Crippen LogP) is 3.28. The average Bonchev–Trinajstić information content (AvgIpc) is 3.25. The van der Waals surface area contributed by atoms with E-state index in [1.807, 2.05) is 67.7 Å². The zero-order valence-electron chi connectivity index (χ0n) is 16.8. The smallest absolute Gasteiger partial charge is 0.259 e. The molecule has 2 atom stereocenters. The van der Waals surface area contributed by atoms with Crippen LogP contribution in [-0.2, 0) is 11.8 Å². The molecule has 6 nitrogen and oxygen atoms in total. The zero-order valence-corrected chi connectivity index (χ0v) is 16.8. The number of pyridine rings is 1. The summed E-state index contributed by atoms with van der Waals surface area (Å²) in [4.78, 5) is 28.3. The zero-order chi connectivity index (χ0) is 20.0. The van der Waals surface area contributed by atoms with E-state index < -0.39 is 6.04 Å². The molecule has 3 aromatic rings. The third-order valence-electron chi connectivity index (χ3n) is 6.05. The second-order valence-corrected chi connectivity index (χ2v) is 7.69. The second kappa shape index (κ2) is 6.93. The van der Waals surface area contributed by atoms with Crippen molar-refractivity contribution in [2.45, 2.75) is 45.7 Å². The molecule has 4 rings (SSSR count). The van der Waals surface area contributed by atoms with Crippen molar-refractivity contribution in [3.8, 4) is 0 Å². The molecule has 0 spiro atoms. The summed E-state index contributed by atoms with van der Waals surface area (Å²) >= 11 is 0. The standard InChI is InChI=1S/C22H26N4O2/c1-14-20(15(2)24(4)23-14)19-10-7-12-26(19)21(27)16(3)25-13-11-17-8-5-6-9-18(17)22(25)28/h5-6,8-9,11,13,16,19H,7,10,12H2,1-4H3. The van der Waals surface area contributed by atoms with E-state index in [9.17, 15) is 9.59 Å². The van der Waals surface area contributed by atoms with Crippen LogP contribution < -0.4 is 5.56 Å². The van der Waals surface area contributed by atoms with E-state index in [4.69, 9.17) is 0 Å². The van der Waals surface area contributed by atoms with Crippen LogP contribution in [0.4, 0.5) is 0 Å². The van der Waals surface area contributed by atoms with Crippen LogP contribution in [0.5, 0.6) is 0 Å². The highest BCUT2D eigenvalue weighted by molar-refractivity contribution is 5.83. The van der Waals surface area contributed by atoms with E-state index in [1.165, 1.54) is 0 Å². The van der Waals surface area contributed by atoms with Gasteiger partial charge in [-0.1, -0.05) is 18.2 Å². The van der Waals surface area contributed by atoms with Gasteiger partial charge in [0.05, 0.1) is 11.7 Å². The minimum atomic E-state index is -0.546. The molecule has 1 aliphatic rings. The monoisotopic (exact) mass is 378 g/mol. The molecular weight excluding hydrogens is 352 g/mol. The first-order valence-corrected chi connectivity index (χ1v) is 9.80. The van der Waals surface area contributed by atoms with Crippen LogP contribution in [0.2, 0.25) is 0 Å². The molecular formula is C22H26N4O2. The molecule has 1 aromatic carbocycles. The third-order valence-corrected chi connectivity index (χ3v) is 6.05. The van der Waals surface area contributed by atoms with Crippen LogP contribution in [0.1, 0.15) is 48.8 Å². The van der Waals surface area contributed by atoms with Crippen LogP contribution in [0.15, 0.2) is 41.3 Å². The van der Waals surface area contributed by atoms with Gasteiger partial charge >= 0.3 is 0 Å². The maximum atomic E-state index is 13.4. The molecule has 2 aromatic heterocycles. The largest absolute Gasteiger partial charge is 0.334 e. The van der Waals surface area contributed by atoms with E-state index in [-0.39, 0.29) is 17.5 Å². The van der Waals surface area contributed by atoms with Crippen molar-refractivity contribution in [2.75, 3.05) is 6.54 Å². The van der Waals surface area contributed by atoms with Crippen molar-refractivity contribution in [1.29, 1.82) is 0 Å². The van der Waals surface area contributed by atoms with E-state index in [2.05, 4.69) is 5.10 Å². The van der Waals surface area contributed by atoms with E-state index in [0.717, 1.165) is 35.2 Å². The minimum Gasteiger partial charge on any atom is -0.334 e. The summed E-state index contributed by atoms with van der Waals surface area (Å²) in [5.41, 5.74) is 3.09. The number of benzene rings is 1. The van der Waals surface area contributed by atoms with Gasteiger partial charge in [0.25, 0.3) is 5.56 Å². The number of rotatable bonds is 3. The first-order chi connectivity index (χ1) is 13.4. The summed E-state index contributed by atoms with van der Waals surface area (Å²) in [6.45, 7) is 6.58. The first-order valence-electron chi connectivity index (χ1n) is 9.80. The highest BCUT2D eigenvalue weighted by atomic mass is 16.2. The number of hydrogen-bond acceptors (Lipinski definition) is 3. The fourth-order valence-corrected chi connectivity index (χ4v) is 4.47. The van der Waals surface area contributed by atoms with Gasteiger partial charge < -0.3 is 9.47 Å². The van der Waals surface area contributed by atoms with Gasteiger partial charge in [-0.15, -0.1) is 0 Å². The lowest BCUT2D eigenvalue weighted by Crippen LogP contribution is -2.39. The molecule has 1 saturated heterocycles. The maximum absolute atomic E-state index is 13.4. The second-order valence-electron chi connectivity index (χ2n) is 7.69. The summed E-state index contributed by atoms with van der Waals surface area (Å²) in [5.74, 6) is -0.0115. The molecule has 1 fully saturated rings. The Morgan fingerprint density at radius 1 is 1.21 bits per heavy atom. The number of aromatic nitrogens is 3. The minimum absolute atomic E-state index is 0.0115. The summed E-state index contributed by atoms with van der Waals surface area (Å²) in [6, 6.07) is 8.87. The fourth-order valence-electron chi connectivity index (χ4n) is 4.47. The molecule has 0 radical (unpaired) electrons. The van der Waals surface area contributed by atoms with Crippen LogP contribution in [0, 0.1) is 13.8 Å². The Bertz CT molecular complexity index is 1110. The lowest BCUT2D eigenvalue weighted by molar-refractivity contribution is -0.135. The summed E-state index contributed by atoms with van der Waals surface area (Å²) in [7, 11) is 1.93. The molecule has 0 bridgehead atoms. The van der Waals surface area contributed by atoms with Gasteiger partial charge in [-0.3, -0.25) is 14.3 Å². The van der Waals surface area contributed by atoms with Gasteiger partial charge in [0, 0.05) is 36.4 Å². The summed E-state index contributed by atoms with van der Waals surface area (Å²) in [6.07, 6.45) is 3.63.